The van der Waals surface area contributed by atoms with Crippen molar-refractivity contribution in [2.45, 2.75) is 19.3 Å². The van der Waals surface area contributed by atoms with Gasteiger partial charge in [0.05, 0.1) is 22.2 Å². The lowest BCUT2D eigenvalue weighted by molar-refractivity contribution is 0.0697. The van der Waals surface area contributed by atoms with E-state index in [0.717, 1.165) is 55.8 Å². The smallest absolute Gasteiger partial charge is 0.342 e. The van der Waals surface area contributed by atoms with Crippen LogP contribution in [-0.4, -0.2) is 51.7 Å². The van der Waals surface area contributed by atoms with E-state index in [9.17, 15) is 14.7 Å². The molecular formula is C22H20N4O4S. The van der Waals surface area contributed by atoms with Crippen molar-refractivity contribution in [3.63, 3.8) is 0 Å². The van der Waals surface area contributed by atoms with Gasteiger partial charge in [-0.2, -0.15) is 4.98 Å². The lowest BCUT2D eigenvalue weighted by Crippen LogP contribution is -2.41. The van der Waals surface area contributed by atoms with Crippen molar-refractivity contribution in [1.82, 2.24) is 14.4 Å². The van der Waals surface area contributed by atoms with Gasteiger partial charge in [0.25, 0.3) is 0 Å². The number of rotatable bonds is 2. The van der Waals surface area contributed by atoms with E-state index in [0.29, 0.717) is 16.4 Å². The van der Waals surface area contributed by atoms with Gasteiger partial charge in [0.15, 0.2) is 5.65 Å². The number of aromatic nitrogens is 3. The Labute approximate surface area is 180 Å². The van der Waals surface area contributed by atoms with E-state index in [2.05, 4.69) is 9.88 Å². The normalized spacial score (nSPS) is 18.5. The van der Waals surface area contributed by atoms with E-state index in [4.69, 9.17) is 9.72 Å². The van der Waals surface area contributed by atoms with Gasteiger partial charge in [-0.15, -0.1) is 11.3 Å². The molecule has 8 nitrogen and oxygen atoms in total. The number of fused-ring (bicyclic) bond motifs is 5. The Bertz CT molecular complexity index is 1410. The zero-order valence-corrected chi connectivity index (χ0v) is 17.5. The second-order valence-electron chi connectivity index (χ2n) is 8.42. The molecule has 158 valence electrons. The van der Waals surface area contributed by atoms with Gasteiger partial charge in [-0.05, 0) is 36.8 Å². The van der Waals surface area contributed by atoms with E-state index >= 15 is 0 Å². The maximum absolute atomic E-state index is 13.0. The molecule has 0 amide bonds. The first-order valence-electron chi connectivity index (χ1n) is 10.4. The highest BCUT2D eigenvalue weighted by Gasteiger charge is 2.38. The first-order chi connectivity index (χ1) is 15.1. The van der Waals surface area contributed by atoms with Gasteiger partial charge < -0.3 is 14.7 Å². The summed E-state index contributed by atoms with van der Waals surface area (Å²) in [5.74, 6) is -0.659. The van der Waals surface area contributed by atoms with E-state index < -0.39 is 11.4 Å². The van der Waals surface area contributed by atoms with Crippen LogP contribution in [0.4, 0.5) is 5.95 Å². The third-order valence-electron chi connectivity index (χ3n) is 6.67. The molecule has 1 spiro atoms. The van der Waals surface area contributed by atoms with Crippen LogP contribution < -0.4 is 10.3 Å². The van der Waals surface area contributed by atoms with Crippen LogP contribution in [0.1, 0.15) is 29.6 Å². The number of piperidine rings is 1. The molecule has 6 rings (SSSR count). The van der Waals surface area contributed by atoms with Crippen LogP contribution in [0.3, 0.4) is 0 Å². The maximum atomic E-state index is 13.0. The van der Waals surface area contributed by atoms with Gasteiger partial charge in [0.1, 0.15) is 10.4 Å². The molecule has 2 saturated heterocycles. The van der Waals surface area contributed by atoms with Crippen LogP contribution >= 0.6 is 11.3 Å². The number of carboxylic acid groups (broad SMARTS) is 1. The van der Waals surface area contributed by atoms with Crippen LogP contribution in [0.15, 0.2) is 35.3 Å². The summed E-state index contributed by atoms with van der Waals surface area (Å²) in [6.45, 7) is 3.34. The second kappa shape index (κ2) is 6.73. The van der Waals surface area contributed by atoms with Gasteiger partial charge in [0, 0.05) is 25.9 Å². The maximum Gasteiger partial charge on any atom is 0.342 e. The van der Waals surface area contributed by atoms with Crippen molar-refractivity contribution in [3.8, 4) is 0 Å². The zero-order chi connectivity index (χ0) is 21.2. The number of para-hydroxylation sites is 1. The quantitative estimate of drug-likeness (QED) is 0.515. The Hall–Kier alpha value is -3.04. The number of nitrogens with zero attached hydrogens (tertiary/aromatic N) is 4. The number of anilines is 1. The average molecular weight is 436 g/mol. The summed E-state index contributed by atoms with van der Waals surface area (Å²) in [4.78, 5) is 36.7. The van der Waals surface area contributed by atoms with E-state index in [1.807, 2.05) is 24.3 Å². The molecule has 0 radical (unpaired) electrons. The molecule has 3 aromatic heterocycles. The van der Waals surface area contributed by atoms with Crippen molar-refractivity contribution in [1.29, 1.82) is 0 Å². The summed E-state index contributed by atoms with van der Waals surface area (Å²) in [5.41, 5.74) is 0.794. The average Bonchev–Trinajstić information content (AvgIpc) is 3.38. The van der Waals surface area contributed by atoms with Crippen LogP contribution in [-0.2, 0) is 4.74 Å². The summed E-state index contributed by atoms with van der Waals surface area (Å²) in [6, 6.07) is 7.64. The molecule has 0 saturated carbocycles. The van der Waals surface area contributed by atoms with Gasteiger partial charge in [-0.1, -0.05) is 12.1 Å². The van der Waals surface area contributed by atoms with Gasteiger partial charge in [-0.25, -0.2) is 9.78 Å². The van der Waals surface area contributed by atoms with Crippen molar-refractivity contribution < 1.29 is 14.6 Å². The van der Waals surface area contributed by atoms with Crippen molar-refractivity contribution in [2.75, 3.05) is 31.2 Å². The molecule has 4 aromatic rings. The lowest BCUT2D eigenvalue weighted by Gasteiger charge is -2.38. The molecule has 1 aromatic carbocycles. The summed E-state index contributed by atoms with van der Waals surface area (Å²) < 4.78 is 8.32. The van der Waals surface area contributed by atoms with E-state index in [1.165, 1.54) is 17.5 Å². The highest BCUT2D eigenvalue weighted by atomic mass is 32.1. The number of carboxylic acids is 1. The summed E-state index contributed by atoms with van der Waals surface area (Å²) >= 11 is 1.29. The monoisotopic (exact) mass is 436 g/mol. The Morgan fingerprint density at radius 1 is 1.19 bits per heavy atom. The molecule has 1 N–H and O–H groups in total. The fraction of sp³-hybridized carbons (Fsp3) is 0.364. The second-order valence-corrected chi connectivity index (χ2v) is 9.45. The standard InChI is InChI=1S/C22H20N4O4S/c27-17-13-11-23-21(25-8-5-22(6-9-25)7-10-30-12-22)24-18(13)26-14-3-1-2-4-15(14)31-19(26)16(17)20(28)29/h1-4,11H,5-10,12H2,(H,28,29). The number of thiazole rings is 1. The Morgan fingerprint density at radius 3 is 2.74 bits per heavy atom. The molecule has 2 aliphatic heterocycles. The number of aromatic carboxylic acids is 1. The Balaban J connectivity index is 1.54. The van der Waals surface area contributed by atoms with Gasteiger partial charge >= 0.3 is 5.97 Å². The fourth-order valence-corrected chi connectivity index (χ4v) is 6.03. The fourth-order valence-electron chi connectivity index (χ4n) is 4.85. The molecule has 5 heterocycles. The minimum atomic E-state index is -1.24. The highest BCUT2D eigenvalue weighted by molar-refractivity contribution is 7.24. The number of pyridine rings is 1. The van der Waals surface area contributed by atoms with E-state index in [-0.39, 0.29) is 16.4 Å². The highest BCUT2D eigenvalue weighted by Crippen LogP contribution is 2.40. The first-order valence-corrected chi connectivity index (χ1v) is 11.2. The summed E-state index contributed by atoms with van der Waals surface area (Å²) in [6.07, 6.45) is 4.65. The molecular weight excluding hydrogens is 416 g/mol. The SMILES string of the molecule is O=C(O)c1c(=O)c2cnc(N3CCC4(CCOC4)CC3)nc2n2c1sc1ccccc12. The minimum Gasteiger partial charge on any atom is -0.477 e. The van der Waals surface area contributed by atoms with Gasteiger partial charge in [0.2, 0.25) is 11.4 Å². The molecule has 0 unspecified atom stereocenters. The van der Waals surface area contributed by atoms with Crippen molar-refractivity contribution in [2.24, 2.45) is 5.41 Å². The van der Waals surface area contributed by atoms with Crippen LogP contribution in [0.5, 0.6) is 0 Å². The van der Waals surface area contributed by atoms with Crippen LogP contribution in [0, 0.1) is 5.41 Å². The third kappa shape index (κ3) is 2.76. The van der Waals surface area contributed by atoms with Crippen molar-refractivity contribution >= 4 is 49.3 Å². The molecule has 0 atom stereocenters. The molecule has 0 aliphatic carbocycles. The largest absolute Gasteiger partial charge is 0.477 e. The molecule has 9 heteroatoms. The lowest BCUT2D eigenvalue weighted by atomic mass is 9.78. The molecule has 2 aliphatic rings. The van der Waals surface area contributed by atoms with E-state index in [1.54, 1.807) is 4.40 Å². The van der Waals surface area contributed by atoms with Crippen molar-refractivity contribution in [3.05, 3.63) is 46.2 Å². The number of benzene rings is 1. The number of carbonyl (C=O) groups is 1. The molecule has 31 heavy (non-hydrogen) atoms. The Kier molecular flexibility index (Phi) is 4.06. The minimum absolute atomic E-state index is 0.222. The zero-order valence-electron chi connectivity index (χ0n) is 16.7. The third-order valence-corrected chi connectivity index (χ3v) is 7.82. The Morgan fingerprint density at radius 2 is 2.00 bits per heavy atom. The summed E-state index contributed by atoms with van der Waals surface area (Å²) in [7, 11) is 0. The van der Waals surface area contributed by atoms with Crippen LogP contribution in [0.25, 0.3) is 26.1 Å². The predicted molar refractivity (Wildman–Crippen MR) is 118 cm³/mol. The first kappa shape index (κ1) is 18.7. The number of ether oxygens (including phenoxy) is 1. The van der Waals surface area contributed by atoms with Gasteiger partial charge in [-0.3, -0.25) is 9.20 Å². The molecule has 0 bridgehead atoms. The number of hydrogen-bond donors (Lipinski definition) is 1. The topological polar surface area (TPSA) is 97.0 Å². The predicted octanol–water partition coefficient (Wildman–Crippen LogP) is 3.16. The number of hydrogen-bond acceptors (Lipinski definition) is 7. The molecule has 2 fully saturated rings. The van der Waals surface area contributed by atoms with Crippen LogP contribution in [0.2, 0.25) is 0 Å². The summed E-state index contributed by atoms with van der Waals surface area (Å²) in [5, 5.41) is 9.96.